The normalized spacial score (nSPS) is 25.1. The minimum Gasteiger partial charge on any atom is -0.311 e. The highest BCUT2D eigenvalue weighted by Crippen LogP contribution is 2.30. The van der Waals surface area contributed by atoms with Crippen LogP contribution in [0.25, 0.3) is 0 Å². The lowest BCUT2D eigenvalue weighted by Crippen LogP contribution is -2.59. The average molecular weight is 282 g/mol. The molecule has 20 heavy (non-hydrogen) atoms. The van der Waals surface area contributed by atoms with Gasteiger partial charge in [0.2, 0.25) is 0 Å². The highest BCUT2D eigenvalue weighted by Gasteiger charge is 2.38. The maximum absolute atomic E-state index is 14.4. The summed E-state index contributed by atoms with van der Waals surface area (Å²) in [5.74, 6) is -2.44. The molecule has 0 spiro atoms. The van der Waals surface area contributed by atoms with E-state index in [9.17, 15) is 8.78 Å². The molecular weight excluding hydrogens is 258 g/mol. The van der Waals surface area contributed by atoms with Crippen LogP contribution in [-0.2, 0) is 5.92 Å². The van der Waals surface area contributed by atoms with E-state index >= 15 is 0 Å². The average Bonchev–Trinajstić information content (AvgIpc) is 2.39. The summed E-state index contributed by atoms with van der Waals surface area (Å²) in [6.07, 6.45) is 0. The Kier molecular flexibility index (Phi) is 4.76. The number of hydrogen-bond acceptors (Lipinski definition) is 2. The predicted octanol–water partition coefficient (Wildman–Crippen LogP) is 3.10. The van der Waals surface area contributed by atoms with Crippen LogP contribution in [0.15, 0.2) is 30.3 Å². The van der Waals surface area contributed by atoms with Crippen molar-refractivity contribution in [3.63, 3.8) is 0 Å². The smallest absolute Gasteiger partial charge is 0.285 e. The first-order valence-corrected chi connectivity index (χ1v) is 7.31. The Bertz CT molecular complexity index is 420. The van der Waals surface area contributed by atoms with Crippen molar-refractivity contribution in [1.82, 2.24) is 10.2 Å². The molecule has 1 aliphatic rings. The van der Waals surface area contributed by atoms with E-state index in [0.717, 1.165) is 6.54 Å². The number of rotatable bonds is 4. The number of halogens is 2. The number of hydrogen-bond donors (Lipinski definition) is 1. The van der Waals surface area contributed by atoms with E-state index in [1.807, 2.05) is 11.8 Å². The Morgan fingerprint density at radius 1 is 1.30 bits per heavy atom. The fraction of sp³-hybridized carbons (Fsp3) is 0.625. The van der Waals surface area contributed by atoms with Crippen molar-refractivity contribution in [2.45, 2.75) is 38.8 Å². The van der Waals surface area contributed by atoms with Crippen LogP contribution in [-0.4, -0.2) is 36.6 Å². The van der Waals surface area contributed by atoms with Crippen LogP contribution in [0.5, 0.6) is 0 Å². The van der Waals surface area contributed by atoms with Gasteiger partial charge in [0.1, 0.15) is 0 Å². The molecule has 2 rings (SSSR count). The molecule has 112 valence electrons. The van der Waals surface area contributed by atoms with Gasteiger partial charge in [-0.2, -0.15) is 8.78 Å². The first-order chi connectivity index (χ1) is 9.40. The fourth-order valence-electron chi connectivity index (χ4n) is 2.87. The summed E-state index contributed by atoms with van der Waals surface area (Å²) in [5.41, 5.74) is 0.105. The molecule has 1 saturated heterocycles. The van der Waals surface area contributed by atoms with Gasteiger partial charge in [-0.05, 0) is 12.8 Å². The van der Waals surface area contributed by atoms with Crippen LogP contribution in [0, 0.1) is 5.92 Å². The number of alkyl halides is 2. The molecule has 0 saturated carbocycles. The number of benzene rings is 1. The monoisotopic (exact) mass is 282 g/mol. The van der Waals surface area contributed by atoms with E-state index < -0.39 is 5.92 Å². The summed E-state index contributed by atoms with van der Waals surface area (Å²) in [7, 11) is 0. The van der Waals surface area contributed by atoms with Crippen molar-refractivity contribution < 1.29 is 8.78 Å². The maximum Gasteiger partial charge on any atom is 0.285 e. The lowest BCUT2D eigenvalue weighted by Gasteiger charge is -2.42. The maximum atomic E-state index is 14.4. The van der Waals surface area contributed by atoms with Crippen LogP contribution in [0.4, 0.5) is 8.78 Å². The summed E-state index contributed by atoms with van der Waals surface area (Å²) >= 11 is 0. The summed E-state index contributed by atoms with van der Waals surface area (Å²) in [4.78, 5) is 1.94. The summed E-state index contributed by atoms with van der Waals surface area (Å²) in [6, 6.07) is 8.56. The molecule has 1 aromatic rings. The second-order valence-electron chi connectivity index (χ2n) is 6.12. The van der Waals surface area contributed by atoms with Gasteiger partial charge in [0, 0.05) is 30.7 Å². The van der Waals surface area contributed by atoms with Crippen molar-refractivity contribution >= 4 is 0 Å². The van der Waals surface area contributed by atoms with Gasteiger partial charge in [-0.15, -0.1) is 0 Å². The van der Waals surface area contributed by atoms with Crippen molar-refractivity contribution in [1.29, 1.82) is 0 Å². The third-order valence-corrected chi connectivity index (χ3v) is 4.02. The Morgan fingerprint density at radius 3 is 2.55 bits per heavy atom. The molecule has 0 amide bonds. The van der Waals surface area contributed by atoms with Gasteiger partial charge in [-0.1, -0.05) is 44.2 Å². The largest absolute Gasteiger partial charge is 0.311 e. The summed E-state index contributed by atoms with van der Waals surface area (Å²) < 4.78 is 28.9. The van der Waals surface area contributed by atoms with E-state index in [0.29, 0.717) is 12.5 Å². The third kappa shape index (κ3) is 3.55. The van der Waals surface area contributed by atoms with Crippen LogP contribution in [0.2, 0.25) is 0 Å². The molecule has 2 atom stereocenters. The Hall–Kier alpha value is -1.00. The quantitative estimate of drug-likeness (QED) is 0.913. The van der Waals surface area contributed by atoms with E-state index in [1.165, 1.54) is 12.1 Å². The van der Waals surface area contributed by atoms with Crippen molar-refractivity contribution in [3.05, 3.63) is 35.9 Å². The number of nitrogens with zero attached hydrogens (tertiary/aromatic N) is 1. The number of nitrogens with one attached hydrogen (secondary N) is 1. The fourth-order valence-corrected chi connectivity index (χ4v) is 2.87. The first kappa shape index (κ1) is 15.4. The van der Waals surface area contributed by atoms with E-state index in [2.05, 4.69) is 19.2 Å². The van der Waals surface area contributed by atoms with Crippen molar-refractivity contribution in [3.8, 4) is 0 Å². The molecule has 4 heteroatoms. The predicted molar refractivity (Wildman–Crippen MR) is 78.0 cm³/mol. The molecule has 0 aromatic heterocycles. The molecule has 0 bridgehead atoms. The lowest BCUT2D eigenvalue weighted by molar-refractivity contribution is -0.0609. The van der Waals surface area contributed by atoms with Crippen LogP contribution in [0.3, 0.4) is 0 Å². The van der Waals surface area contributed by atoms with Gasteiger partial charge < -0.3 is 5.32 Å². The lowest BCUT2D eigenvalue weighted by atomic mass is 9.97. The second kappa shape index (κ2) is 6.19. The molecule has 2 nitrogen and oxygen atoms in total. The molecule has 1 aliphatic heterocycles. The Balaban J connectivity index is 2.13. The topological polar surface area (TPSA) is 15.3 Å². The molecular formula is C16H24F2N2. The van der Waals surface area contributed by atoms with Crippen LogP contribution >= 0.6 is 0 Å². The first-order valence-electron chi connectivity index (χ1n) is 7.31. The molecule has 2 unspecified atom stereocenters. The van der Waals surface area contributed by atoms with Crippen molar-refractivity contribution in [2.24, 2.45) is 5.92 Å². The van der Waals surface area contributed by atoms with Gasteiger partial charge in [0.25, 0.3) is 5.92 Å². The van der Waals surface area contributed by atoms with Gasteiger partial charge >= 0.3 is 0 Å². The molecule has 1 N–H and O–H groups in total. The minimum absolute atomic E-state index is 0.105. The molecule has 0 aliphatic carbocycles. The third-order valence-electron chi connectivity index (χ3n) is 4.02. The van der Waals surface area contributed by atoms with E-state index in [1.54, 1.807) is 18.2 Å². The van der Waals surface area contributed by atoms with Gasteiger partial charge in [0.15, 0.2) is 0 Å². The molecule has 1 aromatic carbocycles. The highest BCUT2D eigenvalue weighted by molar-refractivity contribution is 5.20. The molecule has 0 radical (unpaired) electrons. The number of piperazine rings is 1. The zero-order valence-corrected chi connectivity index (χ0v) is 12.4. The Labute approximate surface area is 120 Å². The van der Waals surface area contributed by atoms with Gasteiger partial charge in [-0.3, -0.25) is 4.90 Å². The highest BCUT2D eigenvalue weighted by atomic mass is 19.3. The van der Waals surface area contributed by atoms with E-state index in [-0.39, 0.29) is 24.2 Å². The Morgan fingerprint density at radius 2 is 1.95 bits per heavy atom. The minimum atomic E-state index is -2.80. The van der Waals surface area contributed by atoms with Crippen LogP contribution in [0.1, 0.15) is 26.3 Å². The van der Waals surface area contributed by atoms with E-state index in [4.69, 9.17) is 0 Å². The standard InChI is InChI=1S/C16H24F2N2/c1-12(2)15-9-19-13(3)10-20(15)11-16(17,18)14-7-5-4-6-8-14/h4-8,12-13,15,19H,9-11H2,1-3H3. The van der Waals surface area contributed by atoms with Gasteiger partial charge in [-0.25, -0.2) is 0 Å². The second-order valence-corrected chi connectivity index (χ2v) is 6.12. The SMILES string of the molecule is CC1CN(CC(F)(F)c2ccccc2)C(C(C)C)CN1. The zero-order valence-electron chi connectivity index (χ0n) is 12.4. The molecule has 1 heterocycles. The van der Waals surface area contributed by atoms with Gasteiger partial charge in [0.05, 0.1) is 6.54 Å². The van der Waals surface area contributed by atoms with Crippen LogP contribution < -0.4 is 5.32 Å². The summed E-state index contributed by atoms with van der Waals surface area (Å²) in [5, 5.41) is 3.38. The summed E-state index contributed by atoms with van der Waals surface area (Å²) in [6.45, 7) is 7.48. The molecule has 1 fully saturated rings. The zero-order chi connectivity index (χ0) is 14.8. The van der Waals surface area contributed by atoms with Crippen molar-refractivity contribution in [2.75, 3.05) is 19.6 Å².